The van der Waals surface area contributed by atoms with Crippen LogP contribution in [0.25, 0.3) is 0 Å². The van der Waals surface area contributed by atoms with Gasteiger partial charge in [0.15, 0.2) is 18.2 Å². The molecule has 0 saturated carbocycles. The summed E-state index contributed by atoms with van der Waals surface area (Å²) in [5.41, 5.74) is 0. The molecular formula is C12H11F2NO4S. The zero-order valence-corrected chi connectivity index (χ0v) is 11.0. The molecule has 1 aliphatic heterocycles. The Morgan fingerprint density at radius 3 is 2.85 bits per heavy atom. The number of hydrogen-bond acceptors (Lipinski definition) is 4. The molecule has 1 heterocycles. The normalized spacial score (nSPS) is 18.1. The van der Waals surface area contributed by atoms with E-state index in [0.29, 0.717) is 11.8 Å². The lowest BCUT2D eigenvalue weighted by Crippen LogP contribution is -2.43. The number of ether oxygens (including phenoxy) is 1. The number of carboxylic acid groups (broad SMARTS) is 1. The van der Waals surface area contributed by atoms with Crippen LogP contribution in [0.15, 0.2) is 18.2 Å². The van der Waals surface area contributed by atoms with E-state index < -0.39 is 36.2 Å². The van der Waals surface area contributed by atoms with E-state index in [1.54, 1.807) is 0 Å². The Morgan fingerprint density at radius 2 is 2.20 bits per heavy atom. The number of hydrogen-bond donors (Lipinski definition) is 1. The highest BCUT2D eigenvalue weighted by atomic mass is 32.2. The Kier molecular flexibility index (Phi) is 4.43. The number of halogens is 2. The molecule has 2 rings (SSSR count). The van der Waals surface area contributed by atoms with E-state index >= 15 is 0 Å². The lowest BCUT2D eigenvalue weighted by atomic mass is 10.3. The molecule has 0 radical (unpaired) electrons. The fourth-order valence-corrected chi connectivity index (χ4v) is 2.88. The topological polar surface area (TPSA) is 66.8 Å². The summed E-state index contributed by atoms with van der Waals surface area (Å²) >= 11 is 1.32. The van der Waals surface area contributed by atoms with Crippen molar-refractivity contribution in [3.63, 3.8) is 0 Å². The van der Waals surface area contributed by atoms with Gasteiger partial charge in [-0.1, -0.05) is 0 Å². The Hall–Kier alpha value is -1.83. The molecule has 1 saturated heterocycles. The molecule has 1 aliphatic rings. The van der Waals surface area contributed by atoms with Crippen molar-refractivity contribution < 1.29 is 28.2 Å². The number of rotatable bonds is 4. The molecule has 5 nitrogen and oxygen atoms in total. The van der Waals surface area contributed by atoms with Gasteiger partial charge < -0.3 is 14.7 Å². The van der Waals surface area contributed by atoms with Gasteiger partial charge in [-0.05, 0) is 12.1 Å². The lowest BCUT2D eigenvalue weighted by molar-refractivity contribution is -0.148. The van der Waals surface area contributed by atoms with Crippen molar-refractivity contribution in [2.45, 2.75) is 6.04 Å². The number of carbonyl (C=O) groups is 2. The number of amides is 1. The van der Waals surface area contributed by atoms with E-state index in [1.807, 2.05) is 0 Å². The molecule has 108 valence electrons. The maximum absolute atomic E-state index is 13.3. The molecule has 0 aromatic heterocycles. The van der Waals surface area contributed by atoms with Gasteiger partial charge in [0.25, 0.3) is 5.91 Å². The minimum Gasteiger partial charge on any atom is -0.481 e. The minimum atomic E-state index is -1.09. The monoisotopic (exact) mass is 303 g/mol. The quantitative estimate of drug-likeness (QED) is 0.909. The number of carboxylic acids is 1. The van der Waals surface area contributed by atoms with Crippen molar-refractivity contribution in [2.24, 2.45) is 0 Å². The summed E-state index contributed by atoms with van der Waals surface area (Å²) < 4.78 is 30.9. The highest BCUT2D eigenvalue weighted by molar-refractivity contribution is 7.99. The molecule has 0 spiro atoms. The molecule has 1 amide bonds. The molecule has 1 fully saturated rings. The first-order valence-corrected chi connectivity index (χ1v) is 6.82. The smallest absolute Gasteiger partial charge is 0.327 e. The van der Waals surface area contributed by atoms with Gasteiger partial charge in [0.05, 0.1) is 5.88 Å². The molecule has 1 N–H and O–H groups in total. The summed E-state index contributed by atoms with van der Waals surface area (Å²) in [4.78, 5) is 23.9. The standard InChI is InChI=1S/C12H11F2NO4S/c13-7-1-2-10(8(14)3-7)19-4-11(16)15-6-20-5-9(15)12(17)18/h1-3,9H,4-6H2,(H,17,18)/t9-/m0/s1. The second-order valence-corrected chi connectivity index (χ2v) is 5.08. The maximum Gasteiger partial charge on any atom is 0.327 e. The number of thioether (sulfide) groups is 1. The maximum atomic E-state index is 13.3. The Morgan fingerprint density at radius 1 is 1.45 bits per heavy atom. The van der Waals surface area contributed by atoms with E-state index in [2.05, 4.69) is 0 Å². The number of nitrogens with zero attached hydrogens (tertiary/aromatic N) is 1. The molecule has 1 aromatic carbocycles. The fraction of sp³-hybridized carbons (Fsp3) is 0.333. The highest BCUT2D eigenvalue weighted by Gasteiger charge is 2.34. The first kappa shape index (κ1) is 14.6. The molecule has 0 bridgehead atoms. The second kappa shape index (κ2) is 6.08. The summed E-state index contributed by atoms with van der Waals surface area (Å²) in [6.07, 6.45) is 0. The van der Waals surface area contributed by atoms with Crippen LogP contribution >= 0.6 is 11.8 Å². The van der Waals surface area contributed by atoms with Gasteiger partial charge in [-0.2, -0.15) is 0 Å². The van der Waals surface area contributed by atoms with E-state index in [1.165, 1.54) is 11.8 Å². The van der Waals surface area contributed by atoms with Crippen LogP contribution < -0.4 is 4.74 Å². The zero-order chi connectivity index (χ0) is 14.7. The zero-order valence-electron chi connectivity index (χ0n) is 10.2. The molecule has 1 aromatic rings. The molecule has 1 atom stereocenters. The largest absolute Gasteiger partial charge is 0.481 e. The molecular weight excluding hydrogens is 292 g/mol. The van der Waals surface area contributed by atoms with Gasteiger partial charge in [-0.3, -0.25) is 4.79 Å². The predicted molar refractivity (Wildman–Crippen MR) is 67.4 cm³/mol. The van der Waals surface area contributed by atoms with Crippen molar-refractivity contribution in [1.82, 2.24) is 4.90 Å². The van der Waals surface area contributed by atoms with Crippen molar-refractivity contribution >= 4 is 23.6 Å². The van der Waals surface area contributed by atoms with Crippen molar-refractivity contribution in [1.29, 1.82) is 0 Å². The first-order valence-electron chi connectivity index (χ1n) is 5.67. The van der Waals surface area contributed by atoms with Crippen LogP contribution in [0, 0.1) is 11.6 Å². The van der Waals surface area contributed by atoms with Crippen LogP contribution in [0.5, 0.6) is 5.75 Å². The Bertz CT molecular complexity index is 540. The molecule has 0 unspecified atom stereocenters. The van der Waals surface area contributed by atoms with Crippen LogP contribution in [0.1, 0.15) is 0 Å². The van der Waals surface area contributed by atoms with Crippen LogP contribution in [0.4, 0.5) is 8.78 Å². The molecule has 20 heavy (non-hydrogen) atoms. The van der Waals surface area contributed by atoms with Crippen LogP contribution in [-0.4, -0.2) is 46.2 Å². The highest BCUT2D eigenvalue weighted by Crippen LogP contribution is 2.22. The van der Waals surface area contributed by atoms with E-state index in [9.17, 15) is 18.4 Å². The van der Waals surface area contributed by atoms with Gasteiger partial charge in [0.2, 0.25) is 0 Å². The number of aliphatic carboxylic acids is 1. The third kappa shape index (κ3) is 3.19. The average Bonchev–Trinajstić information content (AvgIpc) is 2.86. The predicted octanol–water partition coefficient (Wildman–Crippen LogP) is 1.33. The van der Waals surface area contributed by atoms with Crippen molar-refractivity contribution in [3.05, 3.63) is 29.8 Å². The van der Waals surface area contributed by atoms with Crippen LogP contribution in [-0.2, 0) is 9.59 Å². The van der Waals surface area contributed by atoms with Crippen LogP contribution in [0.3, 0.4) is 0 Å². The number of benzene rings is 1. The summed E-state index contributed by atoms with van der Waals surface area (Å²) in [5.74, 6) is -2.98. The third-order valence-electron chi connectivity index (χ3n) is 2.73. The Balaban J connectivity index is 1.96. The SMILES string of the molecule is O=C(O)[C@@H]1CSCN1C(=O)COc1ccc(F)cc1F. The van der Waals surface area contributed by atoms with Crippen molar-refractivity contribution in [3.8, 4) is 5.75 Å². The van der Waals surface area contributed by atoms with Crippen molar-refractivity contribution in [2.75, 3.05) is 18.2 Å². The van der Waals surface area contributed by atoms with E-state index in [4.69, 9.17) is 9.84 Å². The summed E-state index contributed by atoms with van der Waals surface area (Å²) in [6.45, 7) is -0.493. The number of carbonyl (C=O) groups excluding carboxylic acids is 1. The first-order chi connectivity index (χ1) is 9.49. The lowest BCUT2D eigenvalue weighted by Gasteiger charge is -2.20. The van der Waals surface area contributed by atoms with Gasteiger partial charge in [0.1, 0.15) is 11.9 Å². The molecule has 0 aliphatic carbocycles. The second-order valence-electron chi connectivity index (χ2n) is 4.08. The summed E-state index contributed by atoms with van der Waals surface area (Å²) in [7, 11) is 0. The van der Waals surface area contributed by atoms with Crippen LogP contribution in [0.2, 0.25) is 0 Å². The molecule has 8 heteroatoms. The van der Waals surface area contributed by atoms with Gasteiger partial charge >= 0.3 is 5.97 Å². The fourth-order valence-electron chi connectivity index (χ4n) is 1.71. The summed E-state index contributed by atoms with van der Waals surface area (Å²) in [5, 5.41) is 8.94. The average molecular weight is 303 g/mol. The van der Waals surface area contributed by atoms with Gasteiger partial charge in [-0.25, -0.2) is 13.6 Å². The van der Waals surface area contributed by atoms with Gasteiger partial charge in [0, 0.05) is 11.8 Å². The summed E-state index contributed by atoms with van der Waals surface area (Å²) in [6, 6.07) is 1.83. The van der Waals surface area contributed by atoms with E-state index in [0.717, 1.165) is 17.0 Å². The minimum absolute atomic E-state index is 0.251. The van der Waals surface area contributed by atoms with Gasteiger partial charge in [-0.15, -0.1) is 11.8 Å². The van der Waals surface area contributed by atoms with E-state index in [-0.39, 0.29) is 11.6 Å². The third-order valence-corrected chi connectivity index (χ3v) is 3.74. The Labute approximate surface area is 117 Å².